The quantitative estimate of drug-likeness (QED) is 0.779. The molecule has 0 unspecified atom stereocenters. The van der Waals surface area contributed by atoms with E-state index in [9.17, 15) is 4.79 Å². The Morgan fingerprint density at radius 3 is 2.64 bits per heavy atom. The van der Waals surface area contributed by atoms with E-state index in [1.54, 1.807) is 0 Å². The first-order valence-electron chi connectivity index (χ1n) is 11.4. The Kier molecular flexibility index (Phi) is 6.37. The Morgan fingerprint density at radius 1 is 1.14 bits per heavy atom. The van der Waals surface area contributed by atoms with Gasteiger partial charge in [0.2, 0.25) is 5.91 Å². The van der Waals surface area contributed by atoms with E-state index in [0.29, 0.717) is 18.0 Å². The van der Waals surface area contributed by atoms with E-state index < -0.39 is 0 Å². The molecule has 0 spiro atoms. The van der Waals surface area contributed by atoms with E-state index in [4.69, 9.17) is 0 Å². The number of nitrogens with one attached hydrogen (secondary N) is 1. The second-order valence-electron chi connectivity index (χ2n) is 9.19. The Hall–Kier alpha value is -1.39. The third-order valence-electron chi connectivity index (χ3n) is 7.24. The predicted molar refractivity (Wildman–Crippen MR) is 114 cm³/mol. The minimum Gasteiger partial charge on any atom is -0.338 e. The number of fused-ring (bicyclic) bond motifs is 1. The number of piperidine rings is 1. The van der Waals surface area contributed by atoms with Crippen molar-refractivity contribution in [3.63, 3.8) is 0 Å². The minimum absolute atomic E-state index is 0.0437. The summed E-state index contributed by atoms with van der Waals surface area (Å²) in [5, 5.41) is 3.33. The molecule has 1 amide bonds. The van der Waals surface area contributed by atoms with Crippen molar-refractivity contribution < 1.29 is 4.79 Å². The van der Waals surface area contributed by atoms with Crippen molar-refractivity contribution in [1.29, 1.82) is 0 Å². The fourth-order valence-corrected chi connectivity index (χ4v) is 5.51. The Labute approximate surface area is 170 Å². The van der Waals surface area contributed by atoms with Crippen LogP contribution < -0.4 is 5.32 Å². The minimum atomic E-state index is -0.0437. The van der Waals surface area contributed by atoms with Crippen molar-refractivity contribution >= 4 is 5.91 Å². The molecule has 3 aliphatic rings. The van der Waals surface area contributed by atoms with E-state index in [-0.39, 0.29) is 6.04 Å². The van der Waals surface area contributed by atoms with E-state index in [1.165, 1.54) is 62.5 Å². The molecule has 1 aromatic rings. The van der Waals surface area contributed by atoms with E-state index >= 15 is 0 Å². The van der Waals surface area contributed by atoms with Crippen LogP contribution in [-0.2, 0) is 11.3 Å². The molecule has 4 heteroatoms. The molecule has 0 aromatic heterocycles. The number of amides is 1. The van der Waals surface area contributed by atoms with Gasteiger partial charge in [-0.3, -0.25) is 9.69 Å². The van der Waals surface area contributed by atoms with Crippen molar-refractivity contribution in [2.45, 2.75) is 83.0 Å². The lowest BCUT2D eigenvalue weighted by molar-refractivity contribution is -0.144. The molecule has 1 heterocycles. The Balaban J connectivity index is 1.55. The summed E-state index contributed by atoms with van der Waals surface area (Å²) in [5.74, 6) is 1.12. The average Bonchev–Trinajstić information content (AvgIpc) is 3.56. The molecule has 0 radical (unpaired) electrons. The lowest BCUT2D eigenvalue weighted by Crippen LogP contribution is -2.58. The molecule has 28 heavy (non-hydrogen) atoms. The molecule has 3 fully saturated rings. The van der Waals surface area contributed by atoms with Crippen LogP contribution >= 0.6 is 0 Å². The van der Waals surface area contributed by atoms with E-state index in [0.717, 1.165) is 25.6 Å². The summed E-state index contributed by atoms with van der Waals surface area (Å²) in [5.41, 5.74) is 2.69. The van der Waals surface area contributed by atoms with Crippen LogP contribution in [0.15, 0.2) is 24.3 Å². The monoisotopic (exact) mass is 383 g/mol. The highest BCUT2D eigenvalue weighted by Crippen LogP contribution is 2.37. The van der Waals surface area contributed by atoms with E-state index in [2.05, 4.69) is 46.3 Å². The first kappa shape index (κ1) is 19.9. The fraction of sp³-hybridized carbons (Fsp3) is 0.708. The summed E-state index contributed by atoms with van der Waals surface area (Å²) in [4.78, 5) is 18.6. The van der Waals surface area contributed by atoms with Gasteiger partial charge in [-0.2, -0.15) is 0 Å². The number of hydrogen-bond donors (Lipinski definition) is 1. The molecule has 2 aliphatic carbocycles. The molecular formula is C24H37N3O. The average molecular weight is 384 g/mol. The number of likely N-dealkylation sites (N-methyl/N-ethyl adjacent to an activating group) is 1. The summed E-state index contributed by atoms with van der Waals surface area (Å²) < 4.78 is 0. The molecule has 1 aliphatic heterocycles. The Bertz CT molecular complexity index is 670. The number of carbonyl (C=O) groups excluding carboxylic acids is 1. The summed E-state index contributed by atoms with van der Waals surface area (Å²) in [6.45, 7) is 4.78. The molecule has 1 saturated heterocycles. The zero-order valence-electron chi connectivity index (χ0n) is 17.7. The van der Waals surface area contributed by atoms with Gasteiger partial charge in [0.25, 0.3) is 0 Å². The highest BCUT2D eigenvalue weighted by Gasteiger charge is 2.42. The van der Waals surface area contributed by atoms with Crippen molar-refractivity contribution in [1.82, 2.24) is 15.1 Å². The standard InChI is InChI=1S/C24H37N3O/c1-18-8-3-4-10-20(18)17-27(21-13-14-21)23(16-25-2)24(28)26-15-7-11-19-9-5-6-12-22(19)26/h3-4,8,10,19,21-23,25H,5-7,9,11-17H2,1-2H3/t19-,22+,23-/m1/s1. The van der Waals surface area contributed by atoms with Gasteiger partial charge in [0, 0.05) is 31.7 Å². The van der Waals surface area contributed by atoms with Crippen LogP contribution in [0.4, 0.5) is 0 Å². The van der Waals surface area contributed by atoms with Gasteiger partial charge in [-0.25, -0.2) is 0 Å². The number of nitrogens with zero attached hydrogens (tertiary/aromatic N) is 2. The summed E-state index contributed by atoms with van der Waals surface area (Å²) in [6, 6.07) is 9.66. The molecule has 0 bridgehead atoms. The van der Waals surface area contributed by atoms with Crippen LogP contribution in [0.5, 0.6) is 0 Å². The molecule has 3 atom stereocenters. The lowest BCUT2D eigenvalue weighted by atomic mass is 9.78. The van der Waals surface area contributed by atoms with Crippen molar-refractivity contribution in [3.05, 3.63) is 35.4 Å². The van der Waals surface area contributed by atoms with E-state index in [1.807, 2.05) is 7.05 Å². The summed E-state index contributed by atoms with van der Waals surface area (Å²) in [7, 11) is 1.98. The molecule has 1 aromatic carbocycles. The first-order chi connectivity index (χ1) is 13.7. The van der Waals surface area contributed by atoms with Gasteiger partial charge in [0.15, 0.2) is 0 Å². The highest BCUT2D eigenvalue weighted by molar-refractivity contribution is 5.82. The molecular weight excluding hydrogens is 346 g/mol. The smallest absolute Gasteiger partial charge is 0.241 e. The van der Waals surface area contributed by atoms with Crippen molar-refractivity contribution in [2.24, 2.45) is 5.92 Å². The zero-order chi connectivity index (χ0) is 19.5. The molecule has 4 rings (SSSR count). The van der Waals surface area contributed by atoms with Gasteiger partial charge in [0.05, 0.1) is 0 Å². The van der Waals surface area contributed by atoms with Gasteiger partial charge in [-0.1, -0.05) is 37.1 Å². The fourth-order valence-electron chi connectivity index (χ4n) is 5.51. The lowest BCUT2D eigenvalue weighted by Gasteiger charge is -2.46. The third-order valence-corrected chi connectivity index (χ3v) is 7.24. The van der Waals surface area contributed by atoms with Crippen LogP contribution in [0.25, 0.3) is 0 Å². The number of carbonyl (C=O) groups is 1. The first-order valence-corrected chi connectivity index (χ1v) is 11.4. The SMILES string of the molecule is CNC[C@H](C(=O)N1CCC[C@H]2CCCC[C@@H]21)N(Cc1ccccc1C)C1CC1. The number of rotatable bonds is 7. The van der Waals surface area contributed by atoms with Gasteiger partial charge in [0.1, 0.15) is 6.04 Å². The summed E-state index contributed by atoms with van der Waals surface area (Å²) >= 11 is 0. The second kappa shape index (κ2) is 8.96. The third kappa shape index (κ3) is 4.28. The second-order valence-corrected chi connectivity index (χ2v) is 9.19. The highest BCUT2D eigenvalue weighted by atomic mass is 16.2. The van der Waals surface area contributed by atoms with Gasteiger partial charge in [-0.15, -0.1) is 0 Å². The maximum absolute atomic E-state index is 13.8. The van der Waals surface area contributed by atoms with Crippen LogP contribution in [0.3, 0.4) is 0 Å². The van der Waals surface area contributed by atoms with Crippen molar-refractivity contribution in [3.8, 4) is 0 Å². The number of benzene rings is 1. The molecule has 4 nitrogen and oxygen atoms in total. The number of likely N-dealkylation sites (tertiary alicyclic amines) is 1. The van der Waals surface area contributed by atoms with Crippen LogP contribution in [0, 0.1) is 12.8 Å². The largest absolute Gasteiger partial charge is 0.338 e. The van der Waals surface area contributed by atoms with Crippen molar-refractivity contribution in [2.75, 3.05) is 20.1 Å². The zero-order valence-corrected chi connectivity index (χ0v) is 17.7. The molecule has 1 N–H and O–H groups in total. The molecule has 2 saturated carbocycles. The van der Waals surface area contributed by atoms with Gasteiger partial charge in [-0.05, 0) is 69.5 Å². The maximum atomic E-state index is 13.8. The predicted octanol–water partition coefficient (Wildman–Crippen LogP) is 3.73. The number of aryl methyl sites for hydroxylation is 1. The van der Waals surface area contributed by atoms with Gasteiger partial charge >= 0.3 is 0 Å². The van der Waals surface area contributed by atoms with Crippen LogP contribution in [0.2, 0.25) is 0 Å². The number of hydrogen-bond acceptors (Lipinski definition) is 3. The summed E-state index contributed by atoms with van der Waals surface area (Å²) in [6.07, 6.45) is 10.1. The maximum Gasteiger partial charge on any atom is 0.241 e. The van der Waals surface area contributed by atoms with Crippen LogP contribution in [-0.4, -0.2) is 54.0 Å². The molecule has 154 valence electrons. The topological polar surface area (TPSA) is 35.6 Å². The van der Waals surface area contributed by atoms with Gasteiger partial charge < -0.3 is 10.2 Å². The normalized spacial score (nSPS) is 26.2. The Morgan fingerprint density at radius 2 is 1.89 bits per heavy atom. The van der Waals surface area contributed by atoms with Crippen LogP contribution in [0.1, 0.15) is 62.5 Å².